The molecule has 1 fully saturated rings. The number of nitrogens with zero attached hydrogens (tertiary/aromatic N) is 3. The maximum absolute atomic E-state index is 6.32. The monoisotopic (exact) mass is 385 g/mol. The Balaban J connectivity index is 1.71. The Morgan fingerprint density at radius 1 is 1.07 bits per heavy atom. The molecule has 0 atom stereocenters. The zero-order chi connectivity index (χ0) is 19.0. The molecule has 2 aromatic heterocycles. The summed E-state index contributed by atoms with van der Waals surface area (Å²) >= 11 is 6.32. The molecule has 0 saturated carbocycles. The number of hydrogen-bond acceptors (Lipinski definition) is 4. The molecule has 5 nitrogen and oxygen atoms in total. The van der Waals surface area contributed by atoms with Crippen molar-refractivity contribution in [1.82, 2.24) is 9.38 Å². The quantitative estimate of drug-likeness (QED) is 0.639. The minimum atomic E-state index is 0.536. The average Bonchev–Trinajstić information content (AvgIpc) is 3.11. The number of piperidine rings is 1. The van der Waals surface area contributed by atoms with Crippen molar-refractivity contribution >= 4 is 22.9 Å². The summed E-state index contributed by atoms with van der Waals surface area (Å²) in [6.45, 7) is 4.54. The van der Waals surface area contributed by atoms with Crippen LogP contribution in [0.1, 0.15) is 19.8 Å². The Labute approximate surface area is 164 Å². The van der Waals surface area contributed by atoms with E-state index in [1.54, 1.807) is 20.3 Å². The Kier molecular flexibility index (Phi) is 4.87. The molecule has 0 unspecified atom stereocenters. The van der Waals surface area contributed by atoms with E-state index in [9.17, 15) is 0 Å². The van der Waals surface area contributed by atoms with Crippen LogP contribution in [0.2, 0.25) is 5.02 Å². The van der Waals surface area contributed by atoms with E-state index in [1.165, 1.54) is 18.5 Å². The lowest BCUT2D eigenvalue weighted by atomic mass is 9.99. The van der Waals surface area contributed by atoms with Crippen molar-refractivity contribution in [1.29, 1.82) is 0 Å². The van der Waals surface area contributed by atoms with Crippen molar-refractivity contribution < 1.29 is 9.47 Å². The maximum Gasteiger partial charge on any atom is 0.141 e. The maximum atomic E-state index is 6.32. The highest BCUT2D eigenvalue weighted by Crippen LogP contribution is 2.38. The number of halogens is 1. The van der Waals surface area contributed by atoms with Crippen LogP contribution in [-0.4, -0.2) is 36.7 Å². The highest BCUT2D eigenvalue weighted by Gasteiger charge is 2.18. The van der Waals surface area contributed by atoms with Crippen molar-refractivity contribution in [3.63, 3.8) is 0 Å². The predicted octanol–water partition coefficient (Wildman–Crippen LogP) is 4.91. The summed E-state index contributed by atoms with van der Waals surface area (Å²) < 4.78 is 12.8. The van der Waals surface area contributed by atoms with Crippen LogP contribution in [0.5, 0.6) is 11.5 Å². The van der Waals surface area contributed by atoms with E-state index in [0.29, 0.717) is 16.5 Å². The fourth-order valence-electron chi connectivity index (χ4n) is 3.62. The van der Waals surface area contributed by atoms with Gasteiger partial charge in [-0.15, -0.1) is 0 Å². The second-order valence-corrected chi connectivity index (χ2v) is 7.54. The van der Waals surface area contributed by atoms with E-state index in [2.05, 4.69) is 30.2 Å². The van der Waals surface area contributed by atoms with Gasteiger partial charge < -0.3 is 18.8 Å². The number of anilines is 1. The Morgan fingerprint density at radius 3 is 2.52 bits per heavy atom. The molecule has 1 aromatic carbocycles. The van der Waals surface area contributed by atoms with Crippen LogP contribution < -0.4 is 14.4 Å². The van der Waals surface area contributed by atoms with E-state index < -0.39 is 0 Å². The molecule has 3 heterocycles. The molecule has 142 valence electrons. The standard InChI is InChI=1S/C21H24ClN3O2/c1-14-4-7-24(8-5-14)15-6-9-25-13-18(23-21(25)10-15)16-11-17(22)20(27-3)12-19(16)26-2/h6,9-14H,4-5,7-8H2,1-3H3. The Hall–Kier alpha value is -2.40. The highest BCUT2D eigenvalue weighted by atomic mass is 35.5. The first-order chi connectivity index (χ1) is 13.1. The van der Waals surface area contributed by atoms with Gasteiger partial charge in [0.25, 0.3) is 0 Å². The molecule has 0 N–H and O–H groups in total. The van der Waals surface area contributed by atoms with Crippen LogP contribution in [-0.2, 0) is 0 Å². The van der Waals surface area contributed by atoms with Gasteiger partial charge in [-0.2, -0.15) is 0 Å². The van der Waals surface area contributed by atoms with Crippen molar-refractivity contribution in [2.45, 2.75) is 19.8 Å². The number of benzene rings is 1. The van der Waals surface area contributed by atoms with E-state index in [0.717, 1.165) is 35.9 Å². The fraction of sp³-hybridized carbons (Fsp3) is 0.381. The number of hydrogen-bond donors (Lipinski definition) is 0. The number of methoxy groups -OCH3 is 2. The molecule has 0 bridgehead atoms. The molecule has 27 heavy (non-hydrogen) atoms. The summed E-state index contributed by atoms with van der Waals surface area (Å²) in [5.74, 6) is 2.09. The van der Waals surface area contributed by atoms with E-state index >= 15 is 0 Å². The van der Waals surface area contributed by atoms with Crippen LogP contribution >= 0.6 is 11.6 Å². The number of imidazole rings is 1. The first-order valence-electron chi connectivity index (χ1n) is 9.24. The summed E-state index contributed by atoms with van der Waals surface area (Å²) in [6, 6.07) is 7.94. The van der Waals surface area contributed by atoms with Crippen molar-refractivity contribution in [3.8, 4) is 22.8 Å². The SMILES string of the molecule is COc1cc(OC)c(-c2cn3ccc(N4CCC(C)CC4)cc3n2)cc1Cl. The lowest BCUT2D eigenvalue weighted by Crippen LogP contribution is -2.32. The summed E-state index contributed by atoms with van der Waals surface area (Å²) in [4.78, 5) is 7.26. The third-order valence-corrected chi connectivity index (χ3v) is 5.64. The molecule has 0 spiro atoms. The molecule has 6 heteroatoms. The highest BCUT2D eigenvalue weighted by molar-refractivity contribution is 6.32. The van der Waals surface area contributed by atoms with Gasteiger partial charge in [0.15, 0.2) is 0 Å². The molecule has 1 aliphatic heterocycles. The van der Waals surface area contributed by atoms with E-state index in [-0.39, 0.29) is 0 Å². The van der Waals surface area contributed by atoms with Gasteiger partial charge in [-0.3, -0.25) is 0 Å². The zero-order valence-electron chi connectivity index (χ0n) is 15.9. The van der Waals surface area contributed by atoms with Gasteiger partial charge in [0.2, 0.25) is 0 Å². The number of rotatable bonds is 4. The van der Waals surface area contributed by atoms with Crippen molar-refractivity contribution in [3.05, 3.63) is 41.7 Å². The molecule has 4 rings (SSSR count). The molecule has 1 saturated heterocycles. The molecule has 1 aliphatic rings. The van der Waals surface area contributed by atoms with Crippen LogP contribution in [0.4, 0.5) is 5.69 Å². The predicted molar refractivity (Wildman–Crippen MR) is 109 cm³/mol. The number of ether oxygens (including phenoxy) is 2. The summed E-state index contributed by atoms with van der Waals surface area (Å²) in [7, 11) is 3.23. The first kappa shape index (κ1) is 18.0. The Morgan fingerprint density at radius 2 is 1.81 bits per heavy atom. The second-order valence-electron chi connectivity index (χ2n) is 7.13. The molecular weight excluding hydrogens is 362 g/mol. The smallest absolute Gasteiger partial charge is 0.141 e. The fourth-order valence-corrected chi connectivity index (χ4v) is 3.87. The van der Waals surface area contributed by atoms with Gasteiger partial charge in [0.1, 0.15) is 17.1 Å². The van der Waals surface area contributed by atoms with Gasteiger partial charge in [0.05, 0.1) is 24.9 Å². The van der Waals surface area contributed by atoms with Crippen LogP contribution in [0.15, 0.2) is 36.7 Å². The van der Waals surface area contributed by atoms with Gasteiger partial charge in [0, 0.05) is 48.9 Å². The molecule has 3 aromatic rings. The minimum Gasteiger partial charge on any atom is -0.496 e. The van der Waals surface area contributed by atoms with Crippen LogP contribution in [0.25, 0.3) is 16.9 Å². The summed E-state index contributed by atoms with van der Waals surface area (Å²) in [5.41, 5.74) is 3.81. The first-order valence-corrected chi connectivity index (χ1v) is 9.62. The Bertz CT molecular complexity index is 961. The van der Waals surface area contributed by atoms with Gasteiger partial charge in [-0.05, 0) is 30.9 Å². The van der Waals surface area contributed by atoms with Crippen LogP contribution in [0, 0.1) is 5.92 Å². The largest absolute Gasteiger partial charge is 0.496 e. The molecular formula is C21H24ClN3O2. The molecule has 0 radical (unpaired) electrons. The number of pyridine rings is 1. The molecule has 0 amide bonds. The van der Waals surface area contributed by atoms with Crippen molar-refractivity contribution in [2.75, 3.05) is 32.2 Å². The minimum absolute atomic E-state index is 0.536. The molecule has 0 aliphatic carbocycles. The summed E-state index contributed by atoms with van der Waals surface area (Å²) in [5, 5.41) is 0.536. The van der Waals surface area contributed by atoms with Gasteiger partial charge in [-0.1, -0.05) is 18.5 Å². The average molecular weight is 386 g/mol. The van der Waals surface area contributed by atoms with E-state index in [4.69, 9.17) is 26.1 Å². The topological polar surface area (TPSA) is 39.0 Å². The van der Waals surface area contributed by atoms with Crippen LogP contribution in [0.3, 0.4) is 0 Å². The van der Waals surface area contributed by atoms with Gasteiger partial charge >= 0.3 is 0 Å². The lowest BCUT2D eigenvalue weighted by molar-refractivity contribution is 0.395. The van der Waals surface area contributed by atoms with Crippen molar-refractivity contribution in [2.24, 2.45) is 5.92 Å². The normalized spacial score (nSPS) is 15.3. The number of fused-ring (bicyclic) bond motifs is 1. The zero-order valence-corrected chi connectivity index (χ0v) is 16.7. The summed E-state index contributed by atoms with van der Waals surface area (Å²) in [6.07, 6.45) is 6.55. The third kappa shape index (κ3) is 3.44. The lowest BCUT2D eigenvalue weighted by Gasteiger charge is -2.32. The second kappa shape index (κ2) is 7.31. The number of aromatic nitrogens is 2. The van der Waals surface area contributed by atoms with Gasteiger partial charge in [-0.25, -0.2) is 4.98 Å². The third-order valence-electron chi connectivity index (χ3n) is 5.34. The van der Waals surface area contributed by atoms with E-state index in [1.807, 2.05) is 16.7 Å².